The van der Waals surface area contributed by atoms with Gasteiger partial charge in [0, 0.05) is 36.2 Å². The van der Waals surface area contributed by atoms with Gasteiger partial charge in [0.25, 0.3) is 5.91 Å². The van der Waals surface area contributed by atoms with E-state index in [0.29, 0.717) is 17.6 Å². The molecule has 0 saturated carbocycles. The Morgan fingerprint density at radius 2 is 1.81 bits per heavy atom. The molecular weight excluding hydrogens is 324 g/mol. The standard InChI is InChI=1S/C22H24N2O2/c1-23-18-8-9-19(23)15-20(14-18)24(17-10-12-21(26-2)13-11-17)22(25)16-6-4-3-5-7-16/h3-7,10-14,18-19H,8-9,15H2,1-2H3/p+1/t18-,19+/m1/s1. The van der Waals surface area contributed by atoms with Crippen LogP contribution in [0.25, 0.3) is 0 Å². The minimum Gasteiger partial charge on any atom is -0.497 e. The Hall–Kier alpha value is -2.59. The van der Waals surface area contributed by atoms with E-state index in [1.54, 1.807) is 12.0 Å². The Kier molecular flexibility index (Phi) is 4.51. The molecule has 1 saturated heterocycles. The fourth-order valence-electron chi connectivity index (χ4n) is 4.19. The molecule has 0 spiro atoms. The van der Waals surface area contributed by atoms with Crippen LogP contribution in [-0.2, 0) is 0 Å². The van der Waals surface area contributed by atoms with Crippen LogP contribution in [0.5, 0.6) is 5.75 Å². The van der Waals surface area contributed by atoms with Crippen LogP contribution in [0.4, 0.5) is 5.69 Å². The lowest BCUT2D eigenvalue weighted by molar-refractivity contribution is -0.911. The Bertz CT molecular complexity index is 814. The Morgan fingerprint density at radius 3 is 2.46 bits per heavy atom. The second-order valence-electron chi connectivity index (χ2n) is 7.19. The van der Waals surface area contributed by atoms with Crippen molar-refractivity contribution in [2.75, 3.05) is 19.1 Å². The van der Waals surface area contributed by atoms with Crippen molar-refractivity contribution in [3.63, 3.8) is 0 Å². The second kappa shape index (κ2) is 6.96. The summed E-state index contributed by atoms with van der Waals surface area (Å²) in [6.45, 7) is 0. The summed E-state index contributed by atoms with van der Waals surface area (Å²) in [5.41, 5.74) is 2.73. The van der Waals surface area contributed by atoms with Crippen LogP contribution in [0, 0.1) is 0 Å². The summed E-state index contributed by atoms with van der Waals surface area (Å²) in [4.78, 5) is 16.8. The van der Waals surface area contributed by atoms with E-state index in [1.807, 2.05) is 59.5 Å². The lowest BCUT2D eigenvalue weighted by atomic mass is 10.0. The third-order valence-corrected chi connectivity index (χ3v) is 5.75. The van der Waals surface area contributed by atoms with Gasteiger partial charge in [-0.1, -0.05) is 18.2 Å². The summed E-state index contributed by atoms with van der Waals surface area (Å²) in [7, 11) is 3.92. The average Bonchev–Trinajstić information content (AvgIpc) is 2.90. The molecule has 4 rings (SSSR count). The zero-order valence-electron chi connectivity index (χ0n) is 15.3. The molecule has 2 aliphatic heterocycles. The predicted octanol–water partition coefficient (Wildman–Crippen LogP) is 2.68. The maximum atomic E-state index is 13.4. The molecule has 3 atom stereocenters. The molecule has 2 aromatic rings. The van der Waals surface area contributed by atoms with E-state index < -0.39 is 0 Å². The molecule has 26 heavy (non-hydrogen) atoms. The second-order valence-corrected chi connectivity index (χ2v) is 7.19. The summed E-state index contributed by atoms with van der Waals surface area (Å²) in [5.74, 6) is 0.823. The van der Waals surface area contributed by atoms with Crippen molar-refractivity contribution in [1.82, 2.24) is 0 Å². The highest BCUT2D eigenvalue weighted by molar-refractivity contribution is 6.08. The first-order valence-corrected chi connectivity index (χ1v) is 9.25. The average molecular weight is 349 g/mol. The smallest absolute Gasteiger partial charge is 0.262 e. The predicted molar refractivity (Wildman–Crippen MR) is 103 cm³/mol. The van der Waals surface area contributed by atoms with Gasteiger partial charge in [-0.2, -0.15) is 0 Å². The summed E-state index contributed by atoms with van der Waals surface area (Å²) in [6, 6.07) is 18.4. The minimum atomic E-state index is 0.0287. The summed E-state index contributed by atoms with van der Waals surface area (Å²) >= 11 is 0. The third kappa shape index (κ3) is 3.01. The summed E-state index contributed by atoms with van der Waals surface area (Å²) < 4.78 is 5.28. The number of likely N-dealkylation sites (N-methyl/N-ethyl adjacent to an activating group) is 1. The van der Waals surface area contributed by atoms with E-state index in [2.05, 4.69) is 13.1 Å². The molecule has 4 heteroatoms. The van der Waals surface area contributed by atoms with Crippen LogP contribution in [-0.4, -0.2) is 32.1 Å². The fraction of sp³-hybridized carbons (Fsp3) is 0.318. The van der Waals surface area contributed by atoms with Crippen molar-refractivity contribution in [1.29, 1.82) is 0 Å². The molecule has 2 aromatic carbocycles. The number of rotatable bonds is 4. The van der Waals surface area contributed by atoms with Crippen molar-refractivity contribution in [2.24, 2.45) is 0 Å². The Labute approximate surface area is 154 Å². The van der Waals surface area contributed by atoms with E-state index in [4.69, 9.17) is 4.74 Å². The number of ether oxygens (including phenoxy) is 1. The highest BCUT2D eigenvalue weighted by atomic mass is 16.5. The van der Waals surface area contributed by atoms with E-state index in [-0.39, 0.29) is 5.91 Å². The topological polar surface area (TPSA) is 34.0 Å². The fourth-order valence-corrected chi connectivity index (χ4v) is 4.19. The Morgan fingerprint density at radius 1 is 1.08 bits per heavy atom. The van der Waals surface area contributed by atoms with Gasteiger partial charge in [0.1, 0.15) is 11.8 Å². The maximum Gasteiger partial charge on any atom is 0.262 e. The molecule has 134 valence electrons. The van der Waals surface area contributed by atoms with Gasteiger partial charge in [-0.05, 0) is 42.5 Å². The van der Waals surface area contributed by atoms with Crippen LogP contribution >= 0.6 is 0 Å². The van der Waals surface area contributed by atoms with Gasteiger partial charge in [0.2, 0.25) is 0 Å². The highest BCUT2D eigenvalue weighted by Gasteiger charge is 2.40. The van der Waals surface area contributed by atoms with Crippen LogP contribution in [0.15, 0.2) is 66.4 Å². The van der Waals surface area contributed by atoms with Gasteiger partial charge in [-0.25, -0.2) is 0 Å². The first-order valence-electron chi connectivity index (χ1n) is 9.25. The van der Waals surface area contributed by atoms with Crippen LogP contribution in [0.2, 0.25) is 0 Å². The molecule has 1 fully saturated rings. The zero-order valence-corrected chi connectivity index (χ0v) is 15.3. The number of fused-ring (bicyclic) bond motifs is 2. The molecule has 2 bridgehead atoms. The van der Waals surface area contributed by atoms with Crippen LogP contribution < -0.4 is 14.5 Å². The van der Waals surface area contributed by atoms with E-state index in [0.717, 1.165) is 23.6 Å². The molecule has 1 amide bonds. The summed E-state index contributed by atoms with van der Waals surface area (Å²) in [6.07, 6.45) is 5.68. The molecule has 2 aliphatic rings. The number of amides is 1. The quantitative estimate of drug-likeness (QED) is 0.921. The van der Waals surface area contributed by atoms with Crippen LogP contribution in [0.1, 0.15) is 29.6 Å². The number of hydrogen-bond acceptors (Lipinski definition) is 2. The molecule has 0 aromatic heterocycles. The van der Waals surface area contributed by atoms with E-state index >= 15 is 0 Å². The van der Waals surface area contributed by atoms with Gasteiger partial charge in [-0.15, -0.1) is 0 Å². The first-order chi connectivity index (χ1) is 12.7. The SMILES string of the molecule is COc1ccc(N(C(=O)c2ccccc2)C2=C[C@H]3CC[C@@H](C2)[NH+]3C)cc1. The van der Waals surface area contributed by atoms with E-state index in [1.165, 1.54) is 12.8 Å². The van der Waals surface area contributed by atoms with Crippen molar-refractivity contribution in [3.8, 4) is 5.75 Å². The number of carbonyl (C=O) groups excluding carboxylic acids is 1. The number of benzene rings is 2. The largest absolute Gasteiger partial charge is 0.497 e. The number of carbonyl (C=O) groups is 1. The number of nitrogens with zero attached hydrogens (tertiary/aromatic N) is 1. The van der Waals surface area contributed by atoms with Gasteiger partial charge < -0.3 is 9.64 Å². The zero-order chi connectivity index (χ0) is 18.1. The molecule has 0 aliphatic carbocycles. The molecule has 1 N–H and O–H groups in total. The van der Waals surface area contributed by atoms with Gasteiger partial charge >= 0.3 is 0 Å². The maximum absolute atomic E-state index is 13.4. The Balaban J connectivity index is 1.74. The lowest BCUT2D eigenvalue weighted by Crippen LogP contribution is -3.14. The van der Waals surface area contributed by atoms with Crippen molar-refractivity contribution < 1.29 is 14.4 Å². The normalized spacial score (nSPS) is 24.1. The molecule has 1 unspecified atom stereocenters. The number of nitrogens with one attached hydrogen (secondary N) is 1. The van der Waals surface area contributed by atoms with Crippen molar-refractivity contribution in [3.05, 3.63) is 71.9 Å². The number of quaternary nitrogens is 1. The van der Waals surface area contributed by atoms with Gasteiger partial charge in [0.15, 0.2) is 0 Å². The number of hydrogen-bond donors (Lipinski definition) is 1. The van der Waals surface area contributed by atoms with Crippen molar-refractivity contribution >= 4 is 11.6 Å². The van der Waals surface area contributed by atoms with E-state index in [9.17, 15) is 4.79 Å². The molecule has 4 nitrogen and oxygen atoms in total. The molecular formula is C22H25N2O2+. The van der Waals surface area contributed by atoms with Crippen LogP contribution in [0.3, 0.4) is 0 Å². The monoisotopic (exact) mass is 349 g/mol. The minimum absolute atomic E-state index is 0.0287. The third-order valence-electron chi connectivity index (χ3n) is 5.75. The highest BCUT2D eigenvalue weighted by Crippen LogP contribution is 2.31. The molecule has 0 radical (unpaired) electrons. The molecule has 2 heterocycles. The summed E-state index contributed by atoms with van der Waals surface area (Å²) in [5, 5.41) is 0. The first kappa shape index (κ1) is 16.9. The van der Waals surface area contributed by atoms with Crippen molar-refractivity contribution in [2.45, 2.75) is 31.3 Å². The number of anilines is 1. The van der Waals surface area contributed by atoms with Gasteiger partial charge in [0.05, 0.1) is 20.2 Å². The lowest BCUT2D eigenvalue weighted by Gasteiger charge is -2.33. The number of methoxy groups -OCH3 is 1. The van der Waals surface area contributed by atoms with Gasteiger partial charge in [-0.3, -0.25) is 9.69 Å².